The van der Waals surface area contributed by atoms with Crippen LogP contribution < -0.4 is 10.2 Å². The highest BCUT2D eigenvalue weighted by Crippen LogP contribution is 2.43. The van der Waals surface area contributed by atoms with E-state index in [9.17, 15) is 9.59 Å². The second-order valence-electron chi connectivity index (χ2n) is 6.10. The standard InChI is InChI=1S/C20H16ClN3O2S/c1-2-11-24-15-10-6-3-7-12(15)16(19(24)26)17-18(25)23-20(27-17)22-14-9-5-4-8-13(14)21/h3-10H,2,11H2,1H3,(H,22,23,25)/b17-16-. The Balaban J connectivity index is 1.76. The van der Waals surface area contributed by atoms with Gasteiger partial charge in [-0.15, -0.1) is 0 Å². The third-order valence-corrected chi connectivity index (χ3v) is 5.60. The molecule has 4 rings (SSSR count). The molecule has 7 heteroatoms. The van der Waals surface area contributed by atoms with E-state index < -0.39 is 0 Å². The number of carbonyl (C=O) groups excluding carboxylic acids is 2. The summed E-state index contributed by atoms with van der Waals surface area (Å²) in [6.45, 7) is 2.63. The summed E-state index contributed by atoms with van der Waals surface area (Å²) in [6.07, 6.45) is 0.835. The zero-order chi connectivity index (χ0) is 19.0. The summed E-state index contributed by atoms with van der Waals surface area (Å²) in [6, 6.07) is 14.7. The summed E-state index contributed by atoms with van der Waals surface area (Å²) >= 11 is 7.31. The van der Waals surface area contributed by atoms with Crippen molar-refractivity contribution in [2.24, 2.45) is 4.99 Å². The maximum absolute atomic E-state index is 13.0. The van der Waals surface area contributed by atoms with Gasteiger partial charge in [0.2, 0.25) is 0 Å². The average molecular weight is 398 g/mol. The van der Waals surface area contributed by atoms with E-state index in [1.165, 1.54) is 11.8 Å². The summed E-state index contributed by atoms with van der Waals surface area (Å²) < 4.78 is 0. The van der Waals surface area contributed by atoms with E-state index in [4.69, 9.17) is 11.6 Å². The van der Waals surface area contributed by atoms with Crippen LogP contribution >= 0.6 is 23.4 Å². The number of amides is 2. The number of hydrogen-bond acceptors (Lipinski definition) is 4. The van der Waals surface area contributed by atoms with Crippen molar-refractivity contribution in [3.05, 3.63) is 64.0 Å². The van der Waals surface area contributed by atoms with Gasteiger partial charge in [0.05, 0.1) is 26.9 Å². The number of rotatable bonds is 3. The molecule has 1 saturated heterocycles. The Morgan fingerprint density at radius 1 is 1.11 bits per heavy atom. The number of anilines is 1. The van der Waals surface area contributed by atoms with E-state index in [1.54, 1.807) is 17.0 Å². The van der Waals surface area contributed by atoms with Crippen molar-refractivity contribution < 1.29 is 9.59 Å². The maximum Gasteiger partial charge on any atom is 0.264 e. The molecule has 0 aromatic heterocycles. The molecule has 1 fully saturated rings. The van der Waals surface area contributed by atoms with E-state index in [2.05, 4.69) is 10.3 Å². The second-order valence-corrected chi connectivity index (χ2v) is 7.51. The van der Waals surface area contributed by atoms with E-state index in [1.807, 2.05) is 43.3 Å². The zero-order valence-corrected chi connectivity index (χ0v) is 16.1. The molecule has 0 unspecified atom stereocenters. The number of halogens is 1. The van der Waals surface area contributed by atoms with Gasteiger partial charge in [-0.05, 0) is 36.4 Å². The highest BCUT2D eigenvalue weighted by Gasteiger charge is 2.38. The fourth-order valence-electron chi connectivity index (χ4n) is 3.13. The third kappa shape index (κ3) is 3.15. The number of aliphatic imine (C=N–C) groups is 1. The number of amidine groups is 1. The molecule has 1 N–H and O–H groups in total. The zero-order valence-electron chi connectivity index (χ0n) is 14.5. The Bertz CT molecular complexity index is 1020. The van der Waals surface area contributed by atoms with Crippen LogP contribution in [0.2, 0.25) is 5.02 Å². The molecule has 2 aromatic carbocycles. The van der Waals surface area contributed by atoms with Gasteiger partial charge in [0.1, 0.15) is 0 Å². The van der Waals surface area contributed by atoms with Gasteiger partial charge < -0.3 is 10.2 Å². The van der Waals surface area contributed by atoms with Crippen LogP contribution in [0.5, 0.6) is 0 Å². The van der Waals surface area contributed by atoms with E-state index in [0.717, 1.165) is 17.7 Å². The van der Waals surface area contributed by atoms with Crippen molar-refractivity contribution in [1.29, 1.82) is 0 Å². The first-order valence-corrected chi connectivity index (χ1v) is 9.77. The normalized spacial score (nSPS) is 20.4. The Labute approximate surface area is 166 Å². The minimum Gasteiger partial charge on any atom is -0.308 e. The molecular weight excluding hydrogens is 382 g/mol. The predicted molar refractivity (Wildman–Crippen MR) is 110 cm³/mol. The number of para-hydroxylation sites is 2. The third-order valence-electron chi connectivity index (χ3n) is 4.30. The Morgan fingerprint density at radius 3 is 2.63 bits per heavy atom. The van der Waals surface area contributed by atoms with Crippen molar-refractivity contribution in [3.63, 3.8) is 0 Å². The number of nitrogens with zero attached hydrogens (tertiary/aromatic N) is 2. The number of benzene rings is 2. The van der Waals surface area contributed by atoms with E-state index in [0.29, 0.717) is 32.9 Å². The van der Waals surface area contributed by atoms with Gasteiger partial charge in [-0.25, -0.2) is 4.99 Å². The molecule has 2 aliphatic heterocycles. The maximum atomic E-state index is 13.0. The highest BCUT2D eigenvalue weighted by atomic mass is 35.5. The van der Waals surface area contributed by atoms with Crippen LogP contribution in [0.4, 0.5) is 11.4 Å². The van der Waals surface area contributed by atoms with Crippen LogP contribution in [-0.4, -0.2) is 23.5 Å². The topological polar surface area (TPSA) is 61.8 Å². The number of thioether (sulfide) groups is 1. The summed E-state index contributed by atoms with van der Waals surface area (Å²) in [7, 11) is 0. The van der Waals surface area contributed by atoms with Gasteiger partial charge >= 0.3 is 0 Å². The summed E-state index contributed by atoms with van der Waals surface area (Å²) in [4.78, 5) is 32.1. The van der Waals surface area contributed by atoms with Gasteiger partial charge in [0, 0.05) is 12.1 Å². The molecule has 0 aliphatic carbocycles. The van der Waals surface area contributed by atoms with Crippen LogP contribution in [0.15, 0.2) is 58.4 Å². The van der Waals surface area contributed by atoms with Gasteiger partial charge in [0.25, 0.3) is 11.8 Å². The first kappa shape index (κ1) is 17.8. The van der Waals surface area contributed by atoms with Crippen molar-refractivity contribution in [3.8, 4) is 0 Å². The minimum absolute atomic E-state index is 0.144. The number of fused-ring (bicyclic) bond motifs is 1. The monoisotopic (exact) mass is 397 g/mol. The molecule has 2 aromatic rings. The summed E-state index contributed by atoms with van der Waals surface area (Å²) in [5, 5.41) is 3.65. The predicted octanol–water partition coefficient (Wildman–Crippen LogP) is 4.36. The Hall–Kier alpha value is -2.57. The lowest BCUT2D eigenvalue weighted by molar-refractivity contribution is -0.116. The van der Waals surface area contributed by atoms with Crippen molar-refractivity contribution in [1.82, 2.24) is 5.32 Å². The van der Waals surface area contributed by atoms with Crippen molar-refractivity contribution in [2.75, 3.05) is 11.4 Å². The number of nitrogens with one attached hydrogen (secondary N) is 1. The number of carbonyl (C=O) groups is 2. The number of hydrogen-bond donors (Lipinski definition) is 1. The molecule has 2 aliphatic rings. The van der Waals surface area contributed by atoms with Crippen LogP contribution in [0, 0.1) is 0 Å². The van der Waals surface area contributed by atoms with Crippen molar-refractivity contribution >= 4 is 57.3 Å². The largest absolute Gasteiger partial charge is 0.308 e. The Morgan fingerprint density at radius 2 is 1.85 bits per heavy atom. The summed E-state index contributed by atoms with van der Waals surface area (Å²) in [5.41, 5.74) is 2.63. The lowest BCUT2D eigenvalue weighted by Crippen LogP contribution is -2.27. The SMILES string of the molecule is CCCN1C(=O)/C(=C2\SC(=Nc3ccccc3Cl)NC2=O)c2ccccc21. The fraction of sp³-hybridized carbons (Fsp3) is 0.150. The smallest absolute Gasteiger partial charge is 0.264 e. The van der Waals surface area contributed by atoms with E-state index in [-0.39, 0.29) is 11.8 Å². The van der Waals surface area contributed by atoms with Crippen LogP contribution in [0.25, 0.3) is 5.57 Å². The second kappa shape index (κ2) is 7.21. The lowest BCUT2D eigenvalue weighted by Gasteiger charge is -2.15. The van der Waals surface area contributed by atoms with Crippen LogP contribution in [0.3, 0.4) is 0 Å². The molecule has 0 spiro atoms. The van der Waals surface area contributed by atoms with Gasteiger partial charge in [0.15, 0.2) is 5.17 Å². The summed E-state index contributed by atoms with van der Waals surface area (Å²) in [5.74, 6) is -0.461. The molecule has 0 bridgehead atoms. The molecule has 0 radical (unpaired) electrons. The fourth-order valence-corrected chi connectivity index (χ4v) is 4.24. The average Bonchev–Trinajstić information content (AvgIpc) is 3.15. The minimum atomic E-state index is -0.317. The van der Waals surface area contributed by atoms with Gasteiger partial charge in [-0.3, -0.25) is 9.59 Å². The molecule has 2 amide bonds. The quantitative estimate of drug-likeness (QED) is 0.783. The Kier molecular flexibility index (Phi) is 4.76. The molecule has 27 heavy (non-hydrogen) atoms. The lowest BCUT2D eigenvalue weighted by atomic mass is 10.1. The molecule has 0 atom stereocenters. The molecule has 0 saturated carbocycles. The molecule has 2 heterocycles. The van der Waals surface area contributed by atoms with Crippen LogP contribution in [-0.2, 0) is 9.59 Å². The van der Waals surface area contributed by atoms with Crippen LogP contribution in [0.1, 0.15) is 18.9 Å². The van der Waals surface area contributed by atoms with Gasteiger partial charge in [-0.1, -0.05) is 48.9 Å². The van der Waals surface area contributed by atoms with Crippen molar-refractivity contribution in [2.45, 2.75) is 13.3 Å². The highest BCUT2D eigenvalue weighted by molar-refractivity contribution is 8.18. The first-order valence-electron chi connectivity index (χ1n) is 8.58. The first-order chi connectivity index (χ1) is 13.1. The molecule has 136 valence electrons. The van der Waals surface area contributed by atoms with E-state index >= 15 is 0 Å². The molecular formula is C20H16ClN3O2S. The molecule has 5 nitrogen and oxygen atoms in total. The van der Waals surface area contributed by atoms with Gasteiger partial charge in [-0.2, -0.15) is 0 Å².